The van der Waals surface area contributed by atoms with Crippen molar-refractivity contribution in [3.05, 3.63) is 48.0 Å². The number of benzene rings is 2. The lowest BCUT2D eigenvalue weighted by atomic mass is 10.1. The summed E-state index contributed by atoms with van der Waals surface area (Å²) >= 11 is 0. The van der Waals surface area contributed by atoms with Crippen LogP contribution in [0.2, 0.25) is 0 Å². The fourth-order valence-corrected chi connectivity index (χ4v) is 2.53. The molecule has 2 aromatic rings. The van der Waals surface area contributed by atoms with Crippen molar-refractivity contribution in [1.82, 2.24) is 0 Å². The van der Waals surface area contributed by atoms with Crippen molar-refractivity contribution in [2.75, 3.05) is 17.2 Å². The quantitative estimate of drug-likeness (QED) is 0.773. The zero-order chi connectivity index (χ0) is 18.5. The Morgan fingerprint density at radius 1 is 1.23 bits per heavy atom. The van der Waals surface area contributed by atoms with Gasteiger partial charge in [0.2, 0.25) is 0 Å². The Bertz CT molecular complexity index is 802. The number of nitrogens with one attached hydrogen (secondary N) is 2. The number of ether oxygens (including phenoxy) is 2. The third-order valence-corrected chi connectivity index (χ3v) is 4.05. The summed E-state index contributed by atoms with van der Waals surface area (Å²) in [6, 6.07) is 12.2. The van der Waals surface area contributed by atoms with Crippen molar-refractivity contribution in [2.24, 2.45) is 0 Å². The summed E-state index contributed by atoms with van der Waals surface area (Å²) in [7, 11) is 0. The lowest BCUT2D eigenvalue weighted by Gasteiger charge is -2.23. The summed E-state index contributed by atoms with van der Waals surface area (Å²) in [5.74, 6) is 0.891. The van der Waals surface area contributed by atoms with Gasteiger partial charge in [0, 0.05) is 11.3 Å². The van der Waals surface area contributed by atoms with Crippen LogP contribution in [0.1, 0.15) is 37.0 Å². The van der Waals surface area contributed by atoms with Crippen molar-refractivity contribution >= 4 is 23.2 Å². The van der Waals surface area contributed by atoms with Gasteiger partial charge < -0.3 is 20.1 Å². The smallest absolute Gasteiger partial charge is 0.265 e. The molecule has 0 saturated carbocycles. The number of amides is 2. The van der Waals surface area contributed by atoms with Gasteiger partial charge in [0.05, 0.1) is 12.3 Å². The Balaban J connectivity index is 1.65. The highest BCUT2D eigenvalue weighted by molar-refractivity contribution is 6.05. The minimum Gasteiger partial charge on any atom is -0.494 e. The van der Waals surface area contributed by atoms with E-state index in [1.165, 1.54) is 0 Å². The normalized spacial score (nSPS) is 15.5. The second kappa shape index (κ2) is 7.91. The lowest BCUT2D eigenvalue weighted by Crippen LogP contribution is -2.34. The first-order valence-electron chi connectivity index (χ1n) is 8.72. The monoisotopic (exact) mass is 354 g/mol. The third kappa shape index (κ3) is 4.14. The Hall–Kier alpha value is -3.02. The first-order valence-corrected chi connectivity index (χ1v) is 8.72. The van der Waals surface area contributed by atoms with Crippen LogP contribution < -0.4 is 20.1 Å². The number of rotatable bonds is 6. The van der Waals surface area contributed by atoms with E-state index in [9.17, 15) is 9.59 Å². The molecule has 26 heavy (non-hydrogen) atoms. The topological polar surface area (TPSA) is 76.7 Å². The number of fused-ring (bicyclic) bond motifs is 1. The van der Waals surface area contributed by atoms with Gasteiger partial charge in [0.1, 0.15) is 11.5 Å². The van der Waals surface area contributed by atoms with E-state index in [2.05, 4.69) is 17.6 Å². The zero-order valence-corrected chi connectivity index (χ0v) is 14.9. The Labute approximate surface area is 152 Å². The fourth-order valence-electron chi connectivity index (χ4n) is 2.53. The summed E-state index contributed by atoms with van der Waals surface area (Å²) in [6.45, 7) is 4.46. The van der Waals surface area contributed by atoms with Crippen LogP contribution in [-0.4, -0.2) is 24.5 Å². The molecule has 0 bridgehead atoms. The molecule has 136 valence electrons. The van der Waals surface area contributed by atoms with E-state index in [1.54, 1.807) is 49.4 Å². The molecule has 2 amide bonds. The predicted octanol–water partition coefficient (Wildman–Crippen LogP) is 3.84. The second-order valence-corrected chi connectivity index (χ2v) is 6.14. The van der Waals surface area contributed by atoms with Crippen LogP contribution in [0.25, 0.3) is 0 Å². The van der Waals surface area contributed by atoms with E-state index < -0.39 is 6.10 Å². The number of hydrogen-bond donors (Lipinski definition) is 2. The van der Waals surface area contributed by atoms with E-state index in [0.29, 0.717) is 29.3 Å². The van der Waals surface area contributed by atoms with Crippen LogP contribution >= 0.6 is 0 Å². The maximum Gasteiger partial charge on any atom is 0.265 e. The Morgan fingerprint density at radius 3 is 2.73 bits per heavy atom. The predicted molar refractivity (Wildman–Crippen MR) is 100.0 cm³/mol. The minimum atomic E-state index is -0.527. The highest BCUT2D eigenvalue weighted by Crippen LogP contribution is 2.32. The molecule has 0 fully saturated rings. The summed E-state index contributed by atoms with van der Waals surface area (Å²) in [6.07, 6.45) is 1.55. The molecular formula is C20H22N2O4. The van der Waals surface area contributed by atoms with Crippen molar-refractivity contribution in [1.29, 1.82) is 0 Å². The average molecular weight is 354 g/mol. The highest BCUT2D eigenvalue weighted by atomic mass is 16.5. The summed E-state index contributed by atoms with van der Waals surface area (Å²) < 4.78 is 11.1. The molecule has 3 rings (SSSR count). The first-order chi connectivity index (χ1) is 12.6. The summed E-state index contributed by atoms with van der Waals surface area (Å²) in [4.78, 5) is 24.1. The molecule has 6 heteroatoms. The molecule has 2 aromatic carbocycles. The molecule has 1 atom stereocenters. The van der Waals surface area contributed by atoms with Gasteiger partial charge in [-0.1, -0.05) is 13.3 Å². The van der Waals surface area contributed by atoms with Gasteiger partial charge in [0.15, 0.2) is 6.10 Å². The number of unbranched alkanes of at least 4 members (excludes halogenated alkanes) is 1. The molecule has 1 aliphatic heterocycles. The van der Waals surface area contributed by atoms with Gasteiger partial charge in [-0.25, -0.2) is 0 Å². The van der Waals surface area contributed by atoms with Crippen molar-refractivity contribution in [2.45, 2.75) is 32.8 Å². The lowest BCUT2D eigenvalue weighted by molar-refractivity contribution is -0.122. The van der Waals surface area contributed by atoms with Crippen LogP contribution in [0, 0.1) is 0 Å². The Morgan fingerprint density at radius 2 is 2.00 bits per heavy atom. The number of anilines is 2. The van der Waals surface area contributed by atoms with Crippen LogP contribution in [0.4, 0.5) is 11.4 Å². The molecule has 6 nitrogen and oxygen atoms in total. The fraction of sp³-hybridized carbons (Fsp3) is 0.300. The van der Waals surface area contributed by atoms with E-state index in [0.717, 1.165) is 18.6 Å². The molecule has 0 unspecified atom stereocenters. The van der Waals surface area contributed by atoms with E-state index in [1.807, 2.05) is 0 Å². The average Bonchev–Trinajstić information content (AvgIpc) is 2.64. The molecule has 0 spiro atoms. The van der Waals surface area contributed by atoms with E-state index >= 15 is 0 Å². The molecule has 0 aromatic heterocycles. The van der Waals surface area contributed by atoms with Crippen LogP contribution in [-0.2, 0) is 4.79 Å². The summed E-state index contributed by atoms with van der Waals surface area (Å²) in [5.41, 5.74) is 1.65. The maximum atomic E-state index is 12.4. The molecule has 0 saturated heterocycles. The maximum absolute atomic E-state index is 12.4. The molecule has 0 radical (unpaired) electrons. The zero-order valence-electron chi connectivity index (χ0n) is 14.9. The van der Waals surface area contributed by atoms with E-state index in [-0.39, 0.29) is 11.8 Å². The van der Waals surface area contributed by atoms with Crippen LogP contribution in [0.3, 0.4) is 0 Å². The molecule has 1 heterocycles. The van der Waals surface area contributed by atoms with Gasteiger partial charge in [-0.15, -0.1) is 0 Å². The van der Waals surface area contributed by atoms with Gasteiger partial charge in [-0.3, -0.25) is 9.59 Å². The summed E-state index contributed by atoms with van der Waals surface area (Å²) in [5, 5.41) is 5.58. The van der Waals surface area contributed by atoms with Gasteiger partial charge in [-0.2, -0.15) is 0 Å². The van der Waals surface area contributed by atoms with Gasteiger partial charge >= 0.3 is 0 Å². The standard InChI is InChI=1S/C20H22N2O4/c1-3-4-11-25-16-8-5-14(6-9-16)20(24)21-15-7-10-18-17(12-15)22-19(23)13(2)26-18/h5-10,12-13H,3-4,11H2,1-2H3,(H,21,24)(H,22,23)/t13-/m0/s1. The van der Waals surface area contributed by atoms with Crippen LogP contribution in [0.15, 0.2) is 42.5 Å². The van der Waals surface area contributed by atoms with Crippen molar-refractivity contribution in [3.63, 3.8) is 0 Å². The van der Waals surface area contributed by atoms with Gasteiger partial charge in [0.25, 0.3) is 11.8 Å². The second-order valence-electron chi connectivity index (χ2n) is 6.14. The third-order valence-electron chi connectivity index (χ3n) is 4.05. The van der Waals surface area contributed by atoms with E-state index in [4.69, 9.17) is 9.47 Å². The molecule has 2 N–H and O–H groups in total. The number of hydrogen-bond acceptors (Lipinski definition) is 4. The molecule has 0 aliphatic carbocycles. The number of carbonyl (C=O) groups is 2. The van der Waals surface area contributed by atoms with Crippen molar-refractivity contribution < 1.29 is 19.1 Å². The van der Waals surface area contributed by atoms with Crippen LogP contribution in [0.5, 0.6) is 11.5 Å². The largest absolute Gasteiger partial charge is 0.494 e. The molecular weight excluding hydrogens is 332 g/mol. The first kappa shape index (κ1) is 17.8. The number of carbonyl (C=O) groups excluding carboxylic acids is 2. The highest BCUT2D eigenvalue weighted by Gasteiger charge is 2.23. The Kier molecular flexibility index (Phi) is 5.41. The SMILES string of the molecule is CCCCOc1ccc(C(=O)Nc2ccc3c(c2)NC(=O)[C@H](C)O3)cc1. The van der Waals surface area contributed by atoms with Crippen molar-refractivity contribution in [3.8, 4) is 11.5 Å². The minimum absolute atomic E-state index is 0.209. The molecule has 1 aliphatic rings. The van der Waals surface area contributed by atoms with Gasteiger partial charge in [-0.05, 0) is 55.8 Å².